The molecular formula is C17H11N7. The Morgan fingerprint density at radius 2 is 1.88 bits per heavy atom. The van der Waals surface area contributed by atoms with Gasteiger partial charge in [-0.15, -0.1) is 0 Å². The molecule has 5 heterocycles. The molecule has 0 unspecified atom stereocenters. The quantitative estimate of drug-likeness (QED) is 0.522. The predicted octanol–water partition coefficient (Wildman–Crippen LogP) is 2.96. The summed E-state index contributed by atoms with van der Waals surface area (Å²) in [6, 6.07) is 9.64. The molecule has 24 heavy (non-hydrogen) atoms. The van der Waals surface area contributed by atoms with Crippen LogP contribution in [0, 0.1) is 0 Å². The average molecular weight is 313 g/mol. The van der Waals surface area contributed by atoms with Gasteiger partial charge in [0.15, 0.2) is 11.5 Å². The Hall–Kier alpha value is -3.61. The first-order valence-corrected chi connectivity index (χ1v) is 7.44. The van der Waals surface area contributed by atoms with E-state index in [0.717, 1.165) is 39.0 Å². The Kier molecular flexibility index (Phi) is 2.66. The van der Waals surface area contributed by atoms with Crippen LogP contribution in [0.3, 0.4) is 0 Å². The maximum atomic E-state index is 4.58. The minimum Gasteiger partial charge on any atom is -0.321 e. The fourth-order valence-corrected chi connectivity index (χ4v) is 2.73. The van der Waals surface area contributed by atoms with Crippen LogP contribution in [-0.2, 0) is 0 Å². The number of hydrogen-bond acceptors (Lipinski definition) is 5. The number of aromatic nitrogens is 7. The summed E-state index contributed by atoms with van der Waals surface area (Å²) in [7, 11) is 0. The first-order chi connectivity index (χ1) is 11.9. The molecule has 114 valence electrons. The molecule has 0 fully saturated rings. The van der Waals surface area contributed by atoms with E-state index < -0.39 is 0 Å². The minimum absolute atomic E-state index is 0.682. The van der Waals surface area contributed by atoms with Gasteiger partial charge in [0.25, 0.3) is 0 Å². The first kappa shape index (κ1) is 12.9. The molecule has 0 bridgehead atoms. The van der Waals surface area contributed by atoms with Crippen LogP contribution >= 0.6 is 0 Å². The molecular weight excluding hydrogens is 302 g/mol. The van der Waals surface area contributed by atoms with Crippen molar-refractivity contribution in [3.05, 3.63) is 55.1 Å². The molecule has 0 radical (unpaired) electrons. The Balaban J connectivity index is 1.71. The van der Waals surface area contributed by atoms with E-state index in [1.165, 1.54) is 0 Å². The molecule has 0 amide bonds. The number of nitrogens with zero attached hydrogens (tertiary/aromatic N) is 5. The van der Waals surface area contributed by atoms with Gasteiger partial charge in [0, 0.05) is 29.5 Å². The number of nitrogens with one attached hydrogen (secondary N) is 2. The monoisotopic (exact) mass is 313 g/mol. The van der Waals surface area contributed by atoms with Crippen LogP contribution in [0.25, 0.3) is 44.8 Å². The molecule has 0 aromatic carbocycles. The summed E-state index contributed by atoms with van der Waals surface area (Å²) in [5.41, 5.74) is 5.03. The van der Waals surface area contributed by atoms with E-state index in [1.54, 1.807) is 24.8 Å². The van der Waals surface area contributed by atoms with E-state index in [-0.39, 0.29) is 0 Å². The van der Waals surface area contributed by atoms with Crippen LogP contribution in [0.1, 0.15) is 0 Å². The number of imidazole rings is 1. The number of aromatic amines is 2. The first-order valence-electron chi connectivity index (χ1n) is 7.44. The van der Waals surface area contributed by atoms with Crippen molar-refractivity contribution >= 4 is 22.1 Å². The van der Waals surface area contributed by atoms with Crippen molar-refractivity contribution in [2.75, 3.05) is 0 Å². The van der Waals surface area contributed by atoms with E-state index in [0.29, 0.717) is 5.82 Å². The third-order valence-corrected chi connectivity index (χ3v) is 3.90. The maximum absolute atomic E-state index is 4.58. The predicted molar refractivity (Wildman–Crippen MR) is 90.0 cm³/mol. The summed E-state index contributed by atoms with van der Waals surface area (Å²) < 4.78 is 0. The van der Waals surface area contributed by atoms with Gasteiger partial charge in [-0.2, -0.15) is 5.10 Å². The third-order valence-electron chi connectivity index (χ3n) is 3.90. The molecule has 0 spiro atoms. The van der Waals surface area contributed by atoms with Gasteiger partial charge in [-0.3, -0.25) is 15.1 Å². The van der Waals surface area contributed by atoms with Gasteiger partial charge in [0.1, 0.15) is 11.2 Å². The summed E-state index contributed by atoms with van der Waals surface area (Å²) in [6.07, 6.45) is 7.02. The molecule has 7 nitrogen and oxygen atoms in total. The topological polar surface area (TPSA) is 96.0 Å². The van der Waals surface area contributed by atoms with Gasteiger partial charge in [-0.1, -0.05) is 0 Å². The minimum atomic E-state index is 0.682. The van der Waals surface area contributed by atoms with Gasteiger partial charge in [-0.05, 0) is 30.3 Å². The largest absolute Gasteiger partial charge is 0.321 e. The molecule has 7 heteroatoms. The van der Waals surface area contributed by atoms with E-state index in [9.17, 15) is 0 Å². The zero-order valence-corrected chi connectivity index (χ0v) is 12.4. The zero-order chi connectivity index (χ0) is 15.9. The highest BCUT2D eigenvalue weighted by atomic mass is 15.1. The molecule has 2 N–H and O–H groups in total. The van der Waals surface area contributed by atoms with E-state index >= 15 is 0 Å². The molecule has 0 saturated heterocycles. The molecule has 5 aromatic rings. The van der Waals surface area contributed by atoms with Crippen molar-refractivity contribution in [1.29, 1.82) is 0 Å². The van der Waals surface area contributed by atoms with E-state index in [4.69, 9.17) is 0 Å². The number of H-pyrrole nitrogens is 2. The van der Waals surface area contributed by atoms with E-state index in [2.05, 4.69) is 35.1 Å². The lowest BCUT2D eigenvalue weighted by molar-refractivity contribution is 1.10. The molecule has 0 saturated carbocycles. The highest BCUT2D eigenvalue weighted by Crippen LogP contribution is 2.28. The van der Waals surface area contributed by atoms with Crippen molar-refractivity contribution in [2.24, 2.45) is 0 Å². The Labute approximate surface area is 135 Å². The lowest BCUT2D eigenvalue weighted by Gasteiger charge is -2.00. The number of rotatable bonds is 2. The molecule has 0 aliphatic heterocycles. The highest BCUT2D eigenvalue weighted by Gasteiger charge is 2.14. The number of pyridine rings is 3. The summed E-state index contributed by atoms with van der Waals surface area (Å²) in [5.74, 6) is 0.682. The average Bonchev–Trinajstić information content (AvgIpc) is 3.25. The number of hydrogen-bond donors (Lipinski definition) is 2. The van der Waals surface area contributed by atoms with Crippen LogP contribution in [0.4, 0.5) is 0 Å². The maximum Gasteiger partial charge on any atom is 0.160 e. The molecule has 0 aliphatic rings. The molecule has 0 aliphatic carbocycles. The summed E-state index contributed by atoms with van der Waals surface area (Å²) in [4.78, 5) is 20.6. The molecule has 5 aromatic heterocycles. The van der Waals surface area contributed by atoms with Crippen molar-refractivity contribution < 1.29 is 0 Å². The standard InChI is InChI=1S/C17H11N7/c1-2-12-16(19-5-1)22-17(21-12)15-11-8-13(10-3-6-18-7-4-10)20-9-14(11)23-24-15/h1-9H,(H,23,24)(H,19,21,22). The van der Waals surface area contributed by atoms with Crippen molar-refractivity contribution in [3.63, 3.8) is 0 Å². The van der Waals surface area contributed by atoms with Gasteiger partial charge >= 0.3 is 0 Å². The summed E-state index contributed by atoms with van der Waals surface area (Å²) >= 11 is 0. The highest BCUT2D eigenvalue weighted by molar-refractivity contribution is 5.94. The van der Waals surface area contributed by atoms with Crippen molar-refractivity contribution in [1.82, 2.24) is 35.1 Å². The van der Waals surface area contributed by atoms with Crippen LogP contribution in [0.2, 0.25) is 0 Å². The fourth-order valence-electron chi connectivity index (χ4n) is 2.73. The molecule has 0 atom stereocenters. The summed E-state index contributed by atoms with van der Waals surface area (Å²) in [5, 5.41) is 8.36. The second-order valence-corrected chi connectivity index (χ2v) is 5.38. The van der Waals surface area contributed by atoms with Crippen LogP contribution < -0.4 is 0 Å². The second-order valence-electron chi connectivity index (χ2n) is 5.38. The Morgan fingerprint density at radius 1 is 0.958 bits per heavy atom. The lowest BCUT2D eigenvalue weighted by Crippen LogP contribution is -1.85. The second kappa shape index (κ2) is 4.95. The Morgan fingerprint density at radius 3 is 2.75 bits per heavy atom. The normalized spacial score (nSPS) is 11.3. The van der Waals surface area contributed by atoms with Gasteiger partial charge in [0.2, 0.25) is 0 Å². The van der Waals surface area contributed by atoms with Crippen molar-refractivity contribution in [3.8, 4) is 22.8 Å². The smallest absolute Gasteiger partial charge is 0.160 e. The van der Waals surface area contributed by atoms with Gasteiger partial charge in [0.05, 0.1) is 17.4 Å². The van der Waals surface area contributed by atoms with Crippen molar-refractivity contribution in [2.45, 2.75) is 0 Å². The Bertz CT molecular complexity index is 1120. The van der Waals surface area contributed by atoms with Crippen LogP contribution in [0.5, 0.6) is 0 Å². The third kappa shape index (κ3) is 1.95. The SMILES string of the molecule is c1cnc2[nH]c(-c3n[nH]c4cnc(-c5ccncc5)cc34)nc2c1. The zero-order valence-electron chi connectivity index (χ0n) is 12.4. The summed E-state index contributed by atoms with van der Waals surface area (Å²) in [6.45, 7) is 0. The van der Waals surface area contributed by atoms with E-state index in [1.807, 2.05) is 30.3 Å². The molecule has 5 rings (SSSR count). The number of fused-ring (bicyclic) bond motifs is 2. The van der Waals surface area contributed by atoms with Gasteiger partial charge < -0.3 is 4.98 Å². The van der Waals surface area contributed by atoms with Crippen LogP contribution in [0.15, 0.2) is 55.1 Å². The van der Waals surface area contributed by atoms with Crippen LogP contribution in [-0.4, -0.2) is 35.1 Å². The fraction of sp³-hybridized carbons (Fsp3) is 0. The van der Waals surface area contributed by atoms with Gasteiger partial charge in [-0.25, -0.2) is 9.97 Å². The lowest BCUT2D eigenvalue weighted by atomic mass is 10.1.